The number of benzene rings is 2. The van der Waals surface area contributed by atoms with Crippen LogP contribution in [0.3, 0.4) is 0 Å². The molecular formula is C15H8F6. The Morgan fingerprint density at radius 3 is 1.33 bits per heavy atom. The van der Waals surface area contributed by atoms with Crippen molar-refractivity contribution in [3.8, 4) is 0 Å². The first-order valence-electron chi connectivity index (χ1n) is 5.79. The number of halogens is 6. The van der Waals surface area contributed by atoms with Gasteiger partial charge < -0.3 is 0 Å². The van der Waals surface area contributed by atoms with E-state index in [1.165, 1.54) is 13.8 Å². The fraction of sp³-hybridized carbons (Fsp3) is 0.200. The topological polar surface area (TPSA) is 0 Å². The predicted molar refractivity (Wildman–Crippen MR) is 62.4 cm³/mol. The molecule has 0 saturated carbocycles. The SMILES string of the molecule is CC(C)(c1[c]cc(F)c(F)c1F)c1[c]cc(F)c(F)c1F. The number of hydrogen-bond acceptors (Lipinski definition) is 0. The second kappa shape index (κ2) is 5.09. The number of rotatable bonds is 2. The minimum Gasteiger partial charge on any atom is -0.204 e. The molecule has 0 nitrogen and oxygen atoms in total. The second-order valence-corrected chi connectivity index (χ2v) is 4.90. The molecule has 2 aromatic rings. The summed E-state index contributed by atoms with van der Waals surface area (Å²) in [6, 6.07) is 5.40. The van der Waals surface area contributed by atoms with Crippen molar-refractivity contribution in [2.75, 3.05) is 0 Å². The van der Waals surface area contributed by atoms with Crippen LogP contribution in [0.1, 0.15) is 25.0 Å². The smallest absolute Gasteiger partial charge is 0.194 e. The van der Waals surface area contributed by atoms with Crippen molar-refractivity contribution >= 4 is 0 Å². The van der Waals surface area contributed by atoms with Crippen molar-refractivity contribution in [1.82, 2.24) is 0 Å². The Kier molecular flexibility index (Phi) is 3.74. The van der Waals surface area contributed by atoms with Gasteiger partial charge in [-0.3, -0.25) is 0 Å². The van der Waals surface area contributed by atoms with Crippen LogP contribution in [0.2, 0.25) is 0 Å². The molecule has 0 heterocycles. The molecule has 0 saturated heterocycles. The van der Waals surface area contributed by atoms with Gasteiger partial charge in [-0.1, -0.05) is 13.8 Å². The summed E-state index contributed by atoms with van der Waals surface area (Å²) in [5, 5.41) is 0. The van der Waals surface area contributed by atoms with Crippen LogP contribution in [0.5, 0.6) is 0 Å². The van der Waals surface area contributed by atoms with Crippen molar-refractivity contribution in [2.24, 2.45) is 0 Å². The molecule has 0 aliphatic carbocycles. The van der Waals surface area contributed by atoms with E-state index in [1.807, 2.05) is 0 Å². The molecule has 0 atom stereocenters. The highest BCUT2D eigenvalue weighted by Crippen LogP contribution is 2.36. The normalized spacial score (nSPS) is 11.8. The molecule has 0 spiro atoms. The van der Waals surface area contributed by atoms with E-state index in [9.17, 15) is 26.3 Å². The van der Waals surface area contributed by atoms with Crippen LogP contribution in [-0.4, -0.2) is 0 Å². The molecular weight excluding hydrogens is 294 g/mol. The number of hydrogen-bond donors (Lipinski definition) is 0. The molecule has 0 amide bonds. The summed E-state index contributed by atoms with van der Waals surface area (Å²) < 4.78 is 80.0. The Balaban J connectivity index is 2.68. The Labute approximate surface area is 117 Å². The molecule has 2 radical (unpaired) electrons. The van der Waals surface area contributed by atoms with Gasteiger partial charge in [-0.2, -0.15) is 0 Å². The lowest BCUT2D eigenvalue weighted by Crippen LogP contribution is -2.24. The highest BCUT2D eigenvalue weighted by molar-refractivity contribution is 5.39. The molecule has 6 heteroatoms. The summed E-state index contributed by atoms with van der Waals surface area (Å²) in [6.45, 7) is 2.46. The molecule has 0 N–H and O–H groups in total. The molecule has 0 fully saturated rings. The van der Waals surface area contributed by atoms with E-state index in [2.05, 4.69) is 12.1 Å². The largest absolute Gasteiger partial charge is 0.204 e. The third-order valence-corrected chi connectivity index (χ3v) is 3.18. The summed E-state index contributed by atoms with van der Waals surface area (Å²) in [6.07, 6.45) is 0. The van der Waals surface area contributed by atoms with E-state index in [-0.39, 0.29) is 0 Å². The van der Waals surface area contributed by atoms with Gasteiger partial charge in [-0.05, 0) is 24.3 Å². The van der Waals surface area contributed by atoms with Crippen LogP contribution >= 0.6 is 0 Å². The molecule has 110 valence electrons. The zero-order chi connectivity index (χ0) is 15.9. The van der Waals surface area contributed by atoms with Crippen molar-refractivity contribution < 1.29 is 26.3 Å². The van der Waals surface area contributed by atoms with Gasteiger partial charge >= 0.3 is 0 Å². The zero-order valence-electron chi connectivity index (χ0n) is 10.9. The Hall–Kier alpha value is -1.98. The fourth-order valence-corrected chi connectivity index (χ4v) is 1.99. The van der Waals surface area contributed by atoms with Gasteiger partial charge in [-0.25, -0.2) is 26.3 Å². The van der Waals surface area contributed by atoms with Crippen molar-refractivity contribution in [3.05, 3.63) is 70.3 Å². The Morgan fingerprint density at radius 1 is 0.667 bits per heavy atom. The summed E-state index contributed by atoms with van der Waals surface area (Å²) >= 11 is 0. The Bertz CT molecular complexity index is 646. The average Bonchev–Trinajstić information content (AvgIpc) is 2.41. The van der Waals surface area contributed by atoms with Gasteiger partial charge in [0.2, 0.25) is 0 Å². The molecule has 0 unspecified atom stereocenters. The van der Waals surface area contributed by atoms with E-state index in [4.69, 9.17) is 0 Å². The minimum atomic E-state index is -1.75. The first kappa shape index (κ1) is 15.4. The van der Waals surface area contributed by atoms with Gasteiger partial charge in [0.1, 0.15) is 0 Å². The monoisotopic (exact) mass is 302 g/mol. The molecule has 21 heavy (non-hydrogen) atoms. The van der Waals surface area contributed by atoms with E-state index in [0.29, 0.717) is 12.1 Å². The summed E-state index contributed by atoms with van der Waals surface area (Å²) in [5.74, 6) is -9.56. The molecule has 0 aromatic heterocycles. The molecule has 2 aromatic carbocycles. The van der Waals surface area contributed by atoms with Crippen LogP contribution in [0.25, 0.3) is 0 Å². The van der Waals surface area contributed by atoms with Gasteiger partial charge in [0, 0.05) is 16.5 Å². The fourth-order valence-electron chi connectivity index (χ4n) is 1.99. The van der Waals surface area contributed by atoms with Gasteiger partial charge in [0.15, 0.2) is 34.9 Å². The first-order valence-corrected chi connectivity index (χ1v) is 5.79. The van der Waals surface area contributed by atoms with Gasteiger partial charge in [-0.15, -0.1) is 0 Å². The van der Waals surface area contributed by atoms with Crippen molar-refractivity contribution in [3.63, 3.8) is 0 Å². The van der Waals surface area contributed by atoms with Crippen LogP contribution in [-0.2, 0) is 5.41 Å². The van der Waals surface area contributed by atoms with Crippen LogP contribution < -0.4 is 0 Å². The zero-order valence-corrected chi connectivity index (χ0v) is 10.9. The summed E-state index contributed by atoms with van der Waals surface area (Å²) in [4.78, 5) is 0. The van der Waals surface area contributed by atoms with E-state index in [1.54, 1.807) is 0 Å². The standard InChI is InChI=1S/C15H8F6/c1-15(2,7-3-5-9(16)13(20)11(7)18)8-4-6-10(17)14(21)12(8)19/h5-6H,1-2H3. The highest BCUT2D eigenvalue weighted by Gasteiger charge is 2.33. The predicted octanol–water partition coefficient (Wildman–Crippen LogP) is 4.45. The molecule has 0 aliphatic heterocycles. The first-order chi connectivity index (χ1) is 9.67. The van der Waals surface area contributed by atoms with Gasteiger partial charge in [0.05, 0.1) is 0 Å². The molecule has 0 bridgehead atoms. The lowest BCUT2D eigenvalue weighted by atomic mass is 9.77. The lowest BCUT2D eigenvalue weighted by molar-refractivity contribution is 0.410. The summed E-state index contributed by atoms with van der Waals surface area (Å²) in [5.41, 5.74) is -2.69. The van der Waals surface area contributed by atoms with E-state index in [0.717, 1.165) is 0 Å². The molecule has 2 rings (SSSR count). The lowest BCUT2D eigenvalue weighted by Gasteiger charge is -2.26. The van der Waals surface area contributed by atoms with Crippen molar-refractivity contribution in [1.29, 1.82) is 0 Å². The maximum Gasteiger partial charge on any atom is 0.194 e. The third kappa shape index (κ3) is 2.39. The quantitative estimate of drug-likeness (QED) is 0.568. The average molecular weight is 302 g/mol. The molecule has 0 aliphatic rings. The maximum absolute atomic E-state index is 13.8. The minimum absolute atomic E-state index is 0.525. The Morgan fingerprint density at radius 2 is 1.00 bits per heavy atom. The van der Waals surface area contributed by atoms with Crippen molar-refractivity contribution in [2.45, 2.75) is 19.3 Å². The third-order valence-electron chi connectivity index (χ3n) is 3.18. The highest BCUT2D eigenvalue weighted by atomic mass is 19.2. The summed E-state index contributed by atoms with van der Waals surface area (Å²) in [7, 11) is 0. The second-order valence-electron chi connectivity index (χ2n) is 4.90. The van der Waals surface area contributed by atoms with Crippen LogP contribution in [0.4, 0.5) is 26.3 Å². The van der Waals surface area contributed by atoms with E-state index < -0.39 is 51.4 Å². The van der Waals surface area contributed by atoms with Crippen LogP contribution in [0.15, 0.2) is 12.1 Å². The maximum atomic E-state index is 13.8. The van der Waals surface area contributed by atoms with Crippen LogP contribution in [0, 0.1) is 47.0 Å². The van der Waals surface area contributed by atoms with E-state index >= 15 is 0 Å². The van der Waals surface area contributed by atoms with Gasteiger partial charge in [0.25, 0.3) is 0 Å².